The van der Waals surface area contributed by atoms with Crippen molar-refractivity contribution in [3.8, 4) is 5.69 Å². The molecule has 1 saturated heterocycles. The number of hydrogen-bond acceptors (Lipinski definition) is 3. The molecule has 1 fully saturated rings. The fourth-order valence-electron chi connectivity index (χ4n) is 3.64. The molecule has 1 radical (unpaired) electrons. The molecule has 0 bridgehead atoms. The average Bonchev–Trinajstić information content (AvgIpc) is 3.17. The van der Waals surface area contributed by atoms with Gasteiger partial charge in [-0.05, 0) is 44.0 Å². The molecule has 0 aliphatic carbocycles. The van der Waals surface area contributed by atoms with Gasteiger partial charge in [-0.15, -0.1) is 10.2 Å². The Labute approximate surface area is 233 Å². The van der Waals surface area contributed by atoms with Crippen LogP contribution in [0.2, 0.25) is 0 Å². The number of carbonyl (C=O) groups excluding carboxylic acids is 1. The maximum absolute atomic E-state index is 12.6. The summed E-state index contributed by atoms with van der Waals surface area (Å²) in [6.45, 7) is 7.48. The molecule has 2 heterocycles. The summed E-state index contributed by atoms with van der Waals surface area (Å²) >= 11 is 0. The maximum Gasteiger partial charge on any atom is 0.253 e. The van der Waals surface area contributed by atoms with Crippen molar-refractivity contribution >= 4 is 5.91 Å². The molecule has 1 amide bonds. The van der Waals surface area contributed by atoms with Gasteiger partial charge in [0, 0.05) is 84.0 Å². The quantitative estimate of drug-likeness (QED) is 0.343. The molecular formula is C25H34N4OWY-2. The third-order valence-corrected chi connectivity index (χ3v) is 5.03. The van der Waals surface area contributed by atoms with E-state index in [1.54, 1.807) is 0 Å². The summed E-state index contributed by atoms with van der Waals surface area (Å²) in [5.74, 6) is 2.33. The molecule has 3 aromatic rings. The van der Waals surface area contributed by atoms with Crippen LogP contribution in [-0.4, -0.2) is 38.7 Å². The van der Waals surface area contributed by atoms with Crippen LogP contribution in [0.4, 0.5) is 0 Å². The van der Waals surface area contributed by atoms with E-state index in [1.165, 1.54) is 0 Å². The predicted molar refractivity (Wildman–Crippen MR) is 125 cm³/mol. The molecule has 0 N–H and O–H groups in total. The van der Waals surface area contributed by atoms with Gasteiger partial charge < -0.3 is 19.8 Å². The van der Waals surface area contributed by atoms with Gasteiger partial charge in [-0.1, -0.05) is 50.2 Å². The minimum atomic E-state index is 0. The molecule has 1 aliphatic rings. The summed E-state index contributed by atoms with van der Waals surface area (Å²) in [7, 11) is 0. The van der Waals surface area contributed by atoms with E-state index in [2.05, 4.69) is 26.9 Å². The Bertz CT molecular complexity index is 895. The van der Waals surface area contributed by atoms with Gasteiger partial charge in [0.25, 0.3) is 5.91 Å². The zero-order valence-electron chi connectivity index (χ0n) is 19.9. The van der Waals surface area contributed by atoms with E-state index in [-0.39, 0.29) is 74.5 Å². The Hall–Kier alpha value is -1.16. The normalized spacial score (nSPS) is 12.5. The minimum absolute atomic E-state index is 0. The largest absolute Gasteiger partial charge is 0.358 e. The second kappa shape index (κ2) is 16.5. The topological polar surface area (TPSA) is 51.0 Å². The molecule has 2 aromatic carbocycles. The summed E-state index contributed by atoms with van der Waals surface area (Å²) in [4.78, 5) is 14.6. The van der Waals surface area contributed by atoms with E-state index in [4.69, 9.17) is 0 Å². The SMILES string of the molecule is CC.Cc1nnc(C2CCN(C(=O)c3ccccc3)CC2)n1-c1ccccc1.[CH3-].[CH3-].[W].[Y]. The molecular weight excluding hydrogens is 645 g/mol. The number of aryl methyl sites for hydroxylation is 1. The molecule has 0 unspecified atom stereocenters. The monoisotopic (exact) mass is 679 g/mol. The van der Waals surface area contributed by atoms with E-state index >= 15 is 0 Å². The van der Waals surface area contributed by atoms with Gasteiger partial charge in [0.2, 0.25) is 0 Å². The fourth-order valence-corrected chi connectivity index (χ4v) is 3.64. The number of hydrogen-bond donors (Lipinski definition) is 0. The van der Waals surface area contributed by atoms with Gasteiger partial charge >= 0.3 is 0 Å². The number of amides is 1. The standard InChI is InChI=1S/C21H22N4O.C2H6.2CH3.W.Y/c1-16-22-23-20(25(16)19-10-6-3-7-11-19)17-12-14-24(15-13-17)21(26)18-8-4-2-5-9-18;1-2;;;;/h2-11,17H,12-15H2,1H3;1-2H3;2*1H3;;/q;;2*-1;;. The summed E-state index contributed by atoms with van der Waals surface area (Å²) < 4.78 is 2.14. The second-order valence-electron chi connectivity index (χ2n) is 6.71. The fraction of sp³-hybridized carbons (Fsp3) is 0.320. The third kappa shape index (κ3) is 7.71. The molecule has 0 saturated carbocycles. The van der Waals surface area contributed by atoms with E-state index in [0.29, 0.717) is 5.92 Å². The molecule has 5 nitrogen and oxygen atoms in total. The van der Waals surface area contributed by atoms with Crippen LogP contribution >= 0.6 is 0 Å². The van der Waals surface area contributed by atoms with Gasteiger partial charge in [-0.25, -0.2) is 0 Å². The van der Waals surface area contributed by atoms with Gasteiger partial charge in [0.05, 0.1) is 0 Å². The number of likely N-dealkylation sites (tertiary alicyclic amines) is 1. The first-order valence-corrected chi connectivity index (χ1v) is 10.1. The second-order valence-corrected chi connectivity index (χ2v) is 6.71. The van der Waals surface area contributed by atoms with Crippen LogP contribution in [0.15, 0.2) is 60.7 Å². The van der Waals surface area contributed by atoms with Crippen LogP contribution in [-0.2, 0) is 53.8 Å². The van der Waals surface area contributed by atoms with Crippen LogP contribution in [0.5, 0.6) is 0 Å². The van der Waals surface area contributed by atoms with Crippen molar-refractivity contribution in [2.24, 2.45) is 0 Å². The van der Waals surface area contributed by atoms with Gasteiger partial charge in [-0.2, -0.15) is 0 Å². The van der Waals surface area contributed by atoms with E-state index in [0.717, 1.165) is 48.8 Å². The van der Waals surface area contributed by atoms with Crippen molar-refractivity contribution in [3.63, 3.8) is 0 Å². The van der Waals surface area contributed by atoms with Crippen molar-refractivity contribution in [2.75, 3.05) is 13.1 Å². The Kier molecular flexibility index (Phi) is 17.0. The van der Waals surface area contributed by atoms with Crippen LogP contribution in [0, 0.1) is 21.8 Å². The van der Waals surface area contributed by atoms with E-state index in [9.17, 15) is 4.79 Å². The summed E-state index contributed by atoms with van der Waals surface area (Å²) in [5, 5.41) is 8.76. The Balaban J connectivity index is 0. The number of aromatic nitrogens is 3. The number of rotatable bonds is 3. The van der Waals surface area contributed by atoms with Crippen LogP contribution in [0.1, 0.15) is 54.6 Å². The maximum atomic E-state index is 12.6. The molecule has 4 rings (SSSR count). The first-order valence-electron chi connectivity index (χ1n) is 10.1. The Morgan fingerprint density at radius 3 is 1.91 bits per heavy atom. The number of nitrogens with zero attached hydrogens (tertiary/aromatic N) is 4. The smallest absolute Gasteiger partial charge is 0.253 e. The molecule has 32 heavy (non-hydrogen) atoms. The molecule has 171 valence electrons. The zero-order chi connectivity index (χ0) is 19.9. The van der Waals surface area contributed by atoms with Crippen molar-refractivity contribution in [1.29, 1.82) is 0 Å². The summed E-state index contributed by atoms with van der Waals surface area (Å²) in [5.41, 5.74) is 1.85. The van der Waals surface area contributed by atoms with Crippen molar-refractivity contribution < 1.29 is 58.6 Å². The van der Waals surface area contributed by atoms with Crippen molar-refractivity contribution in [2.45, 2.75) is 39.5 Å². The Morgan fingerprint density at radius 2 is 1.38 bits per heavy atom. The number of carbonyl (C=O) groups is 1. The van der Waals surface area contributed by atoms with Gasteiger partial charge in [0.1, 0.15) is 11.6 Å². The Morgan fingerprint density at radius 1 is 0.875 bits per heavy atom. The van der Waals surface area contributed by atoms with Crippen molar-refractivity contribution in [1.82, 2.24) is 19.7 Å². The van der Waals surface area contributed by atoms with E-state index < -0.39 is 0 Å². The minimum Gasteiger partial charge on any atom is -0.358 e. The summed E-state index contributed by atoms with van der Waals surface area (Å²) in [6, 6.07) is 19.7. The van der Waals surface area contributed by atoms with Crippen LogP contribution in [0.3, 0.4) is 0 Å². The van der Waals surface area contributed by atoms with Crippen LogP contribution < -0.4 is 0 Å². The van der Waals surface area contributed by atoms with E-state index in [1.807, 2.05) is 74.2 Å². The first-order chi connectivity index (χ1) is 13.7. The van der Waals surface area contributed by atoms with Gasteiger partial charge in [-0.3, -0.25) is 9.36 Å². The average molecular weight is 679 g/mol. The summed E-state index contributed by atoms with van der Waals surface area (Å²) in [6.07, 6.45) is 1.81. The van der Waals surface area contributed by atoms with Crippen molar-refractivity contribution in [3.05, 3.63) is 92.7 Å². The molecule has 0 spiro atoms. The first kappa shape index (κ1) is 33.0. The molecule has 1 aliphatic heterocycles. The zero-order valence-corrected chi connectivity index (χ0v) is 25.6. The molecule has 1 aromatic heterocycles. The van der Waals surface area contributed by atoms with Crippen LogP contribution in [0.25, 0.3) is 5.69 Å². The third-order valence-electron chi connectivity index (χ3n) is 5.03. The number of para-hydroxylation sites is 1. The van der Waals surface area contributed by atoms with Gasteiger partial charge in [0.15, 0.2) is 0 Å². The molecule has 0 atom stereocenters. The number of piperidine rings is 1. The number of benzene rings is 2. The molecule has 7 heteroatoms. The predicted octanol–water partition coefficient (Wildman–Crippen LogP) is 5.52.